The molecule has 1 saturated heterocycles. The average Bonchev–Trinajstić information content (AvgIpc) is 2.64. The van der Waals surface area contributed by atoms with Crippen LogP contribution in [0.2, 0.25) is 0 Å². The molecule has 0 saturated carbocycles. The number of benzene rings is 1. The van der Waals surface area contributed by atoms with Crippen molar-refractivity contribution in [1.82, 2.24) is 0 Å². The van der Waals surface area contributed by atoms with Crippen molar-refractivity contribution in [2.45, 2.75) is 42.8 Å². The molecule has 1 aromatic rings. The van der Waals surface area contributed by atoms with Crippen LogP contribution in [0.1, 0.15) is 32.8 Å². The standard InChI is InChI=1S/C14H18O2S/c1-14(2,3)10-4-6-11(7-5-10)17-12-8-9-16-13(12)15/h4-7,12H,8-9H2,1-3H3/t12-/m0/s1. The van der Waals surface area contributed by atoms with Crippen LogP contribution in [0.4, 0.5) is 0 Å². The summed E-state index contributed by atoms with van der Waals surface area (Å²) in [7, 11) is 0. The minimum Gasteiger partial charge on any atom is -0.465 e. The van der Waals surface area contributed by atoms with Crippen molar-refractivity contribution < 1.29 is 9.53 Å². The quantitative estimate of drug-likeness (QED) is 0.753. The average molecular weight is 250 g/mol. The lowest BCUT2D eigenvalue weighted by Crippen LogP contribution is -2.11. The van der Waals surface area contributed by atoms with Gasteiger partial charge in [-0.05, 0) is 23.1 Å². The van der Waals surface area contributed by atoms with Gasteiger partial charge in [0.15, 0.2) is 0 Å². The second-order valence-corrected chi connectivity index (χ2v) is 6.61. The van der Waals surface area contributed by atoms with Gasteiger partial charge in [-0.15, -0.1) is 11.8 Å². The number of hydrogen-bond acceptors (Lipinski definition) is 3. The molecule has 0 spiro atoms. The van der Waals surface area contributed by atoms with E-state index < -0.39 is 0 Å². The van der Waals surface area contributed by atoms with Crippen molar-refractivity contribution in [3.05, 3.63) is 29.8 Å². The van der Waals surface area contributed by atoms with Crippen molar-refractivity contribution in [3.8, 4) is 0 Å². The van der Waals surface area contributed by atoms with Gasteiger partial charge >= 0.3 is 5.97 Å². The molecule has 1 aliphatic heterocycles. The maximum Gasteiger partial charge on any atom is 0.319 e. The number of carbonyl (C=O) groups is 1. The summed E-state index contributed by atoms with van der Waals surface area (Å²) in [6.45, 7) is 7.16. The Balaban J connectivity index is 2.06. The Labute approximate surface area is 107 Å². The van der Waals surface area contributed by atoms with Crippen LogP contribution in [0.25, 0.3) is 0 Å². The summed E-state index contributed by atoms with van der Waals surface area (Å²) >= 11 is 1.60. The van der Waals surface area contributed by atoms with Gasteiger partial charge in [-0.1, -0.05) is 32.9 Å². The van der Waals surface area contributed by atoms with Gasteiger partial charge in [0.2, 0.25) is 0 Å². The first-order valence-electron chi connectivity index (χ1n) is 5.91. The normalized spacial score (nSPS) is 20.4. The highest BCUT2D eigenvalue weighted by molar-refractivity contribution is 8.00. The molecule has 2 nitrogen and oxygen atoms in total. The van der Waals surface area contributed by atoms with Gasteiger partial charge in [-0.2, -0.15) is 0 Å². The third-order valence-electron chi connectivity index (χ3n) is 2.89. The lowest BCUT2D eigenvalue weighted by atomic mass is 9.87. The van der Waals surface area contributed by atoms with Gasteiger partial charge in [0.05, 0.1) is 6.61 Å². The highest BCUT2D eigenvalue weighted by Gasteiger charge is 2.27. The molecule has 17 heavy (non-hydrogen) atoms. The predicted octanol–water partition coefficient (Wildman–Crippen LogP) is 3.39. The van der Waals surface area contributed by atoms with Crippen LogP contribution in [0, 0.1) is 0 Å². The summed E-state index contributed by atoms with van der Waals surface area (Å²) < 4.78 is 4.96. The van der Waals surface area contributed by atoms with Gasteiger partial charge in [-0.25, -0.2) is 0 Å². The Morgan fingerprint density at radius 2 is 1.88 bits per heavy atom. The number of thioether (sulfide) groups is 1. The van der Waals surface area contributed by atoms with Crippen LogP contribution in [-0.2, 0) is 14.9 Å². The Kier molecular flexibility index (Phi) is 3.48. The molecule has 2 rings (SSSR count). The largest absolute Gasteiger partial charge is 0.465 e. The fourth-order valence-corrected chi connectivity index (χ4v) is 2.78. The van der Waals surface area contributed by atoms with Crippen molar-refractivity contribution in [3.63, 3.8) is 0 Å². The summed E-state index contributed by atoms with van der Waals surface area (Å²) in [6, 6.07) is 8.47. The Bertz CT molecular complexity index is 403. The maximum absolute atomic E-state index is 11.4. The summed E-state index contributed by atoms with van der Waals surface area (Å²) in [4.78, 5) is 12.5. The maximum atomic E-state index is 11.4. The van der Waals surface area contributed by atoms with E-state index >= 15 is 0 Å². The molecular formula is C14H18O2S. The summed E-state index contributed by atoms with van der Waals surface area (Å²) in [5.74, 6) is -0.0742. The predicted molar refractivity (Wildman–Crippen MR) is 70.4 cm³/mol. The molecule has 1 heterocycles. The smallest absolute Gasteiger partial charge is 0.319 e. The van der Waals surface area contributed by atoms with Gasteiger partial charge in [0, 0.05) is 11.3 Å². The molecular weight excluding hydrogens is 232 g/mol. The van der Waals surface area contributed by atoms with Crippen LogP contribution < -0.4 is 0 Å². The Morgan fingerprint density at radius 1 is 1.24 bits per heavy atom. The molecule has 0 aliphatic carbocycles. The van der Waals surface area contributed by atoms with E-state index in [0.717, 1.165) is 11.3 Å². The third kappa shape index (κ3) is 3.03. The fourth-order valence-electron chi connectivity index (χ4n) is 1.78. The van der Waals surface area contributed by atoms with Crippen molar-refractivity contribution in [1.29, 1.82) is 0 Å². The van der Waals surface area contributed by atoms with Gasteiger partial charge < -0.3 is 4.74 Å². The number of hydrogen-bond donors (Lipinski definition) is 0. The van der Waals surface area contributed by atoms with E-state index in [-0.39, 0.29) is 16.6 Å². The van der Waals surface area contributed by atoms with Crippen LogP contribution in [0.5, 0.6) is 0 Å². The van der Waals surface area contributed by atoms with Gasteiger partial charge in [0.25, 0.3) is 0 Å². The van der Waals surface area contributed by atoms with E-state index in [4.69, 9.17) is 4.74 Å². The number of ether oxygens (including phenoxy) is 1. The van der Waals surface area contributed by atoms with E-state index in [1.165, 1.54) is 5.56 Å². The Morgan fingerprint density at radius 3 is 2.35 bits per heavy atom. The molecule has 92 valence electrons. The lowest BCUT2D eigenvalue weighted by Gasteiger charge is -2.19. The first-order valence-corrected chi connectivity index (χ1v) is 6.78. The monoisotopic (exact) mass is 250 g/mol. The van der Waals surface area contributed by atoms with Crippen molar-refractivity contribution in [2.24, 2.45) is 0 Å². The summed E-state index contributed by atoms with van der Waals surface area (Å²) in [5.41, 5.74) is 1.49. The number of rotatable bonds is 2. The minimum absolute atomic E-state index is 0.0181. The zero-order valence-corrected chi connectivity index (χ0v) is 11.3. The van der Waals surface area contributed by atoms with Crippen LogP contribution in [0.3, 0.4) is 0 Å². The van der Waals surface area contributed by atoms with E-state index in [9.17, 15) is 4.79 Å². The van der Waals surface area contributed by atoms with E-state index in [2.05, 4.69) is 45.0 Å². The first kappa shape index (κ1) is 12.5. The number of esters is 1. The van der Waals surface area contributed by atoms with Crippen molar-refractivity contribution >= 4 is 17.7 Å². The molecule has 0 N–H and O–H groups in total. The van der Waals surface area contributed by atoms with E-state index in [1.54, 1.807) is 11.8 Å². The molecule has 0 radical (unpaired) electrons. The molecule has 3 heteroatoms. The van der Waals surface area contributed by atoms with E-state index in [1.807, 2.05) is 0 Å². The minimum atomic E-state index is -0.0742. The molecule has 0 aromatic heterocycles. The van der Waals surface area contributed by atoms with Gasteiger partial charge in [0.1, 0.15) is 5.25 Å². The lowest BCUT2D eigenvalue weighted by molar-refractivity contribution is -0.137. The van der Waals surface area contributed by atoms with Gasteiger partial charge in [-0.3, -0.25) is 4.79 Å². The summed E-state index contributed by atoms with van der Waals surface area (Å²) in [5, 5.41) is -0.0181. The molecule has 1 aromatic carbocycles. The number of carbonyl (C=O) groups excluding carboxylic acids is 1. The van der Waals surface area contributed by atoms with Crippen LogP contribution in [-0.4, -0.2) is 17.8 Å². The zero-order chi connectivity index (χ0) is 12.5. The molecule has 1 atom stereocenters. The zero-order valence-electron chi connectivity index (χ0n) is 10.5. The van der Waals surface area contributed by atoms with Crippen LogP contribution >= 0.6 is 11.8 Å². The fraction of sp³-hybridized carbons (Fsp3) is 0.500. The second kappa shape index (κ2) is 4.73. The third-order valence-corrected chi connectivity index (χ3v) is 4.14. The molecule has 1 fully saturated rings. The molecule has 0 amide bonds. The van der Waals surface area contributed by atoms with Crippen molar-refractivity contribution in [2.75, 3.05) is 6.61 Å². The first-order chi connectivity index (χ1) is 7.97. The second-order valence-electron chi connectivity index (χ2n) is 5.34. The number of cyclic esters (lactones) is 1. The molecule has 1 aliphatic rings. The molecule has 0 unspecified atom stereocenters. The topological polar surface area (TPSA) is 26.3 Å². The van der Waals surface area contributed by atoms with E-state index in [0.29, 0.717) is 6.61 Å². The van der Waals surface area contributed by atoms with Crippen LogP contribution in [0.15, 0.2) is 29.2 Å². The highest BCUT2D eigenvalue weighted by Crippen LogP contribution is 2.31. The Hall–Kier alpha value is -0.960. The molecule has 0 bridgehead atoms. The SMILES string of the molecule is CC(C)(C)c1ccc(S[C@H]2CCOC2=O)cc1. The highest BCUT2D eigenvalue weighted by atomic mass is 32.2. The summed E-state index contributed by atoms with van der Waals surface area (Å²) in [6.07, 6.45) is 0.824.